The van der Waals surface area contributed by atoms with Gasteiger partial charge in [0.05, 0.1) is 17.6 Å². The van der Waals surface area contributed by atoms with Crippen LogP contribution in [0.4, 0.5) is 0 Å². The predicted molar refractivity (Wildman–Crippen MR) is 135 cm³/mol. The molecule has 1 heterocycles. The van der Waals surface area contributed by atoms with Gasteiger partial charge in [-0.2, -0.15) is 16.1 Å². The van der Waals surface area contributed by atoms with E-state index in [1.807, 2.05) is 6.07 Å². The normalized spacial score (nSPS) is 15.4. The number of carbonyl (C=O) groups is 1. The smallest absolute Gasteiger partial charge is 0.255 e. The first-order valence-corrected chi connectivity index (χ1v) is 14.1. The van der Waals surface area contributed by atoms with Gasteiger partial charge < -0.3 is 10.1 Å². The quantitative estimate of drug-likeness (QED) is 0.457. The van der Waals surface area contributed by atoms with Crippen molar-refractivity contribution in [1.29, 1.82) is 0 Å². The maximum atomic E-state index is 13.1. The molecule has 1 fully saturated rings. The van der Waals surface area contributed by atoms with Crippen molar-refractivity contribution in [2.75, 3.05) is 32.5 Å². The van der Waals surface area contributed by atoms with Crippen LogP contribution >= 0.6 is 35.0 Å². The molecule has 1 saturated heterocycles. The summed E-state index contributed by atoms with van der Waals surface area (Å²) < 4.78 is 33.0. The summed E-state index contributed by atoms with van der Waals surface area (Å²) in [5.41, 5.74) is 1.18. The van der Waals surface area contributed by atoms with Gasteiger partial charge in [-0.1, -0.05) is 36.2 Å². The Labute approximate surface area is 210 Å². The molecule has 1 aliphatic rings. The van der Waals surface area contributed by atoms with E-state index in [1.165, 1.54) is 29.6 Å². The van der Waals surface area contributed by atoms with Crippen LogP contribution in [-0.2, 0) is 15.8 Å². The molecule has 10 heteroatoms. The van der Waals surface area contributed by atoms with Crippen molar-refractivity contribution < 1.29 is 17.9 Å². The van der Waals surface area contributed by atoms with Gasteiger partial charge in [-0.15, -0.1) is 0 Å². The molecule has 2 aromatic carbocycles. The molecule has 0 saturated carbocycles. The SMILES string of the molecule is COc1ccc(S(=O)(=O)N2CCC(C)CC2)cc1C(=O)NCCSCc1ccc(Cl)cc1Cl. The summed E-state index contributed by atoms with van der Waals surface area (Å²) >= 11 is 13.7. The zero-order valence-corrected chi connectivity index (χ0v) is 21.8. The van der Waals surface area contributed by atoms with Gasteiger partial charge in [-0.05, 0) is 54.7 Å². The number of nitrogens with one attached hydrogen (secondary N) is 1. The lowest BCUT2D eigenvalue weighted by molar-refractivity contribution is 0.0953. The molecule has 0 spiro atoms. The van der Waals surface area contributed by atoms with E-state index in [0.29, 0.717) is 52.9 Å². The Bertz CT molecular complexity index is 1090. The molecule has 33 heavy (non-hydrogen) atoms. The standard InChI is InChI=1S/C23H28Cl2N2O4S2/c1-16-7-10-27(11-8-16)33(29,30)19-5-6-22(31-2)20(14-19)23(28)26-9-12-32-15-17-3-4-18(24)13-21(17)25/h3-6,13-14,16H,7-12,15H2,1-2H3,(H,26,28). The van der Waals surface area contributed by atoms with Crippen molar-refractivity contribution >= 4 is 50.9 Å². The number of sulfonamides is 1. The number of rotatable bonds is 9. The molecule has 0 bridgehead atoms. The number of amides is 1. The van der Waals surface area contributed by atoms with Gasteiger partial charge in [0.15, 0.2) is 0 Å². The predicted octanol–water partition coefficient (Wildman–Crippen LogP) is 5.09. The number of carbonyl (C=O) groups excluding carboxylic acids is 1. The van der Waals surface area contributed by atoms with Crippen molar-refractivity contribution in [2.24, 2.45) is 5.92 Å². The molecule has 0 aromatic heterocycles. The van der Waals surface area contributed by atoms with Gasteiger partial charge in [-0.3, -0.25) is 4.79 Å². The Morgan fingerprint density at radius 3 is 2.58 bits per heavy atom. The largest absolute Gasteiger partial charge is 0.496 e. The lowest BCUT2D eigenvalue weighted by Crippen LogP contribution is -2.38. The van der Waals surface area contributed by atoms with E-state index >= 15 is 0 Å². The number of benzene rings is 2. The van der Waals surface area contributed by atoms with Crippen LogP contribution in [0.5, 0.6) is 5.75 Å². The fraction of sp³-hybridized carbons (Fsp3) is 0.435. The highest BCUT2D eigenvalue weighted by Crippen LogP contribution is 2.28. The topological polar surface area (TPSA) is 75.7 Å². The van der Waals surface area contributed by atoms with Crippen LogP contribution in [0.25, 0.3) is 0 Å². The minimum Gasteiger partial charge on any atom is -0.496 e. The molecule has 1 amide bonds. The van der Waals surface area contributed by atoms with E-state index in [4.69, 9.17) is 27.9 Å². The number of thioether (sulfide) groups is 1. The fourth-order valence-corrected chi connectivity index (χ4v) is 6.47. The summed E-state index contributed by atoms with van der Waals surface area (Å²) in [6, 6.07) is 9.82. The molecule has 1 aliphatic heterocycles. The molecule has 180 valence electrons. The van der Waals surface area contributed by atoms with Crippen LogP contribution in [0.1, 0.15) is 35.7 Å². The molecule has 1 N–H and O–H groups in total. The first-order chi connectivity index (χ1) is 15.7. The van der Waals surface area contributed by atoms with Gasteiger partial charge >= 0.3 is 0 Å². The summed E-state index contributed by atoms with van der Waals surface area (Å²) in [7, 11) is -2.21. The Morgan fingerprint density at radius 1 is 1.18 bits per heavy atom. The molecule has 0 radical (unpaired) electrons. The van der Waals surface area contributed by atoms with Gasteiger partial charge in [0.1, 0.15) is 5.75 Å². The van der Waals surface area contributed by atoms with E-state index in [9.17, 15) is 13.2 Å². The molecule has 0 unspecified atom stereocenters. The molecular weight excluding hydrogens is 503 g/mol. The van der Waals surface area contributed by atoms with Crippen LogP contribution in [0.3, 0.4) is 0 Å². The molecule has 0 aliphatic carbocycles. The van der Waals surface area contributed by atoms with Crippen LogP contribution in [0.2, 0.25) is 10.0 Å². The number of ether oxygens (including phenoxy) is 1. The van der Waals surface area contributed by atoms with Gasteiger partial charge in [0.25, 0.3) is 5.91 Å². The minimum absolute atomic E-state index is 0.106. The number of hydrogen-bond donors (Lipinski definition) is 1. The second kappa shape index (κ2) is 11.8. The Morgan fingerprint density at radius 2 is 1.91 bits per heavy atom. The molecule has 0 atom stereocenters. The summed E-state index contributed by atoms with van der Waals surface area (Å²) in [4.78, 5) is 12.9. The second-order valence-corrected chi connectivity index (χ2v) is 11.9. The molecular formula is C23H28Cl2N2O4S2. The Hall–Kier alpha value is -1.45. The van der Waals surface area contributed by atoms with Crippen molar-refractivity contribution in [3.63, 3.8) is 0 Å². The fourth-order valence-electron chi connectivity index (χ4n) is 3.55. The second-order valence-electron chi connectivity index (χ2n) is 7.99. The molecule has 2 aromatic rings. The van der Waals surface area contributed by atoms with E-state index in [1.54, 1.807) is 23.9 Å². The van der Waals surface area contributed by atoms with Gasteiger partial charge in [0.2, 0.25) is 10.0 Å². The first kappa shape index (κ1) is 26.2. The third-order valence-electron chi connectivity index (χ3n) is 5.60. The number of nitrogens with zero attached hydrogens (tertiary/aromatic N) is 1. The highest BCUT2D eigenvalue weighted by Gasteiger charge is 2.29. The minimum atomic E-state index is -3.66. The van der Waals surface area contributed by atoms with E-state index < -0.39 is 10.0 Å². The van der Waals surface area contributed by atoms with E-state index in [-0.39, 0.29) is 16.4 Å². The monoisotopic (exact) mass is 530 g/mol. The van der Waals surface area contributed by atoms with Crippen molar-refractivity contribution in [2.45, 2.75) is 30.4 Å². The molecule has 3 rings (SSSR count). The maximum absolute atomic E-state index is 13.1. The van der Waals surface area contributed by atoms with Crippen LogP contribution in [-0.4, -0.2) is 51.1 Å². The average molecular weight is 532 g/mol. The number of piperidine rings is 1. The highest BCUT2D eigenvalue weighted by molar-refractivity contribution is 7.98. The average Bonchev–Trinajstić information content (AvgIpc) is 2.79. The van der Waals surface area contributed by atoms with E-state index in [2.05, 4.69) is 12.2 Å². The van der Waals surface area contributed by atoms with E-state index in [0.717, 1.165) is 18.4 Å². The third kappa shape index (κ3) is 6.79. The summed E-state index contributed by atoms with van der Waals surface area (Å²) in [5, 5.41) is 4.05. The maximum Gasteiger partial charge on any atom is 0.255 e. The highest BCUT2D eigenvalue weighted by atomic mass is 35.5. The Balaban J connectivity index is 1.61. The Kier molecular flexibility index (Phi) is 9.35. The van der Waals surface area contributed by atoms with Gasteiger partial charge in [0, 0.05) is 41.2 Å². The molecule has 6 nitrogen and oxygen atoms in total. The number of methoxy groups -OCH3 is 1. The number of hydrogen-bond acceptors (Lipinski definition) is 5. The summed E-state index contributed by atoms with van der Waals surface area (Å²) in [5.74, 6) is 1.83. The summed E-state index contributed by atoms with van der Waals surface area (Å²) in [6.07, 6.45) is 1.67. The van der Waals surface area contributed by atoms with Crippen molar-refractivity contribution in [3.05, 3.63) is 57.6 Å². The van der Waals surface area contributed by atoms with Crippen LogP contribution in [0, 0.1) is 5.92 Å². The summed E-state index contributed by atoms with van der Waals surface area (Å²) in [6.45, 7) is 3.53. The van der Waals surface area contributed by atoms with Crippen LogP contribution < -0.4 is 10.1 Å². The first-order valence-electron chi connectivity index (χ1n) is 10.7. The third-order valence-corrected chi connectivity index (χ3v) is 9.09. The lowest BCUT2D eigenvalue weighted by atomic mass is 10.0. The zero-order chi connectivity index (χ0) is 24.0. The lowest BCUT2D eigenvalue weighted by Gasteiger charge is -2.29. The zero-order valence-electron chi connectivity index (χ0n) is 18.6. The van der Waals surface area contributed by atoms with Crippen molar-refractivity contribution in [3.8, 4) is 5.75 Å². The van der Waals surface area contributed by atoms with Crippen molar-refractivity contribution in [1.82, 2.24) is 9.62 Å². The van der Waals surface area contributed by atoms with Crippen LogP contribution in [0.15, 0.2) is 41.3 Å². The van der Waals surface area contributed by atoms with Gasteiger partial charge in [-0.25, -0.2) is 8.42 Å². The number of halogens is 2.